The van der Waals surface area contributed by atoms with Crippen LogP contribution in [-0.4, -0.2) is 32.5 Å². The zero-order valence-corrected chi connectivity index (χ0v) is 23.7. The first-order valence-corrected chi connectivity index (χ1v) is 13.7. The Hall–Kier alpha value is -4.59. The summed E-state index contributed by atoms with van der Waals surface area (Å²) in [6.07, 6.45) is 5.91. The lowest BCUT2D eigenvalue weighted by molar-refractivity contribution is -0.924. The number of allylic oxidation sites excluding steroid dienone is 1. The molecule has 2 atom stereocenters. The van der Waals surface area contributed by atoms with Crippen molar-refractivity contribution in [3.63, 3.8) is 0 Å². The molecule has 41 heavy (non-hydrogen) atoms. The quantitative estimate of drug-likeness (QED) is 0.243. The minimum atomic E-state index is -0.752. The Morgan fingerprint density at radius 1 is 0.902 bits per heavy atom. The standard InChI is InChI=1S/C34H35N5O2/c1-34(2,3)28-15-11-25(12-16-28)23-39(38-31(33(35)41)20-24-13-17-29(40)18-14-24)32(26-8-5-4-6-9-26)21-30(37-39)27-10-7-19-36-22-27/h4-19,21-22,31,38H,20,23H2,1-3H3,(H2-,35,40,41)/p+1/t31-,39?/m0/s1. The summed E-state index contributed by atoms with van der Waals surface area (Å²) in [5, 5.41) is 15.0. The lowest BCUT2D eigenvalue weighted by Gasteiger charge is -2.34. The maximum atomic E-state index is 12.9. The van der Waals surface area contributed by atoms with Crippen LogP contribution in [0.4, 0.5) is 0 Å². The Kier molecular flexibility index (Phi) is 7.83. The molecule has 0 fully saturated rings. The van der Waals surface area contributed by atoms with E-state index in [2.05, 4.69) is 61.5 Å². The Labute approximate surface area is 241 Å². The van der Waals surface area contributed by atoms with Gasteiger partial charge in [0.25, 0.3) is 0 Å². The number of carbonyl (C=O) groups excluding carboxylic acids is 1. The van der Waals surface area contributed by atoms with Crippen LogP contribution >= 0.6 is 0 Å². The molecule has 4 N–H and O–H groups in total. The van der Waals surface area contributed by atoms with Crippen LogP contribution in [0.1, 0.15) is 48.6 Å². The molecule has 3 aromatic carbocycles. The highest BCUT2D eigenvalue weighted by atomic mass is 16.3. The molecule has 0 saturated carbocycles. The number of aromatic nitrogens is 1. The minimum absolute atomic E-state index is 0.0264. The molecule has 0 bridgehead atoms. The number of aromatic hydroxyl groups is 1. The number of phenols is 1. The molecule has 1 unspecified atom stereocenters. The van der Waals surface area contributed by atoms with Crippen LogP contribution in [0.5, 0.6) is 5.75 Å². The molecule has 1 aliphatic rings. The van der Waals surface area contributed by atoms with Gasteiger partial charge in [-0.3, -0.25) is 9.78 Å². The van der Waals surface area contributed by atoms with Crippen LogP contribution in [0, 0.1) is 0 Å². The SMILES string of the molecule is CC(C)(C)c1ccc(C[N+]2(N[C@@H](Cc3ccc(O)cc3)C(N)=O)N=C(c3cccnc3)C=C2c2ccccc2)cc1. The molecule has 208 valence electrons. The molecule has 0 aliphatic carbocycles. The summed E-state index contributed by atoms with van der Waals surface area (Å²) in [6, 6.07) is 28.5. The molecule has 0 saturated heterocycles. The fraction of sp³-hybridized carbons (Fsp3) is 0.206. The second-order valence-electron chi connectivity index (χ2n) is 11.5. The maximum absolute atomic E-state index is 12.9. The number of rotatable bonds is 9. The summed E-state index contributed by atoms with van der Waals surface area (Å²) in [6.45, 7) is 7.02. The number of quaternary nitrogens is 1. The third kappa shape index (κ3) is 6.43. The Balaban J connectivity index is 1.63. The molecular formula is C34H36N5O2+. The predicted octanol–water partition coefficient (Wildman–Crippen LogP) is 5.46. The van der Waals surface area contributed by atoms with Crippen molar-refractivity contribution in [2.24, 2.45) is 10.8 Å². The monoisotopic (exact) mass is 546 g/mol. The summed E-state index contributed by atoms with van der Waals surface area (Å²) in [5.74, 6) is -0.324. The molecule has 5 rings (SSSR count). The molecule has 1 aliphatic heterocycles. The van der Waals surface area contributed by atoms with Crippen LogP contribution in [0.25, 0.3) is 5.70 Å². The number of hydrogen-bond donors (Lipinski definition) is 3. The second kappa shape index (κ2) is 11.5. The second-order valence-corrected chi connectivity index (χ2v) is 11.5. The summed E-state index contributed by atoms with van der Waals surface area (Å²) >= 11 is 0. The molecule has 1 amide bonds. The van der Waals surface area contributed by atoms with Gasteiger partial charge in [0.15, 0.2) is 12.2 Å². The summed E-state index contributed by atoms with van der Waals surface area (Å²) in [5.41, 5.74) is 16.2. The van der Waals surface area contributed by atoms with Gasteiger partial charge in [-0.15, -0.1) is 5.43 Å². The van der Waals surface area contributed by atoms with Gasteiger partial charge in [-0.1, -0.05) is 85.2 Å². The normalized spacial score (nSPS) is 17.5. The van der Waals surface area contributed by atoms with Crippen molar-refractivity contribution in [2.75, 3.05) is 0 Å². The van der Waals surface area contributed by atoms with Gasteiger partial charge in [-0.25, -0.2) is 0 Å². The van der Waals surface area contributed by atoms with Crippen molar-refractivity contribution in [3.05, 3.63) is 137 Å². The van der Waals surface area contributed by atoms with E-state index in [1.807, 2.05) is 42.5 Å². The fourth-order valence-electron chi connectivity index (χ4n) is 5.04. The van der Waals surface area contributed by atoms with Crippen LogP contribution < -0.4 is 11.2 Å². The topological polar surface area (TPSA) is 101 Å². The number of nitrogens with two attached hydrogens (primary N) is 1. The van der Waals surface area contributed by atoms with Gasteiger partial charge in [-0.05, 0) is 52.9 Å². The van der Waals surface area contributed by atoms with Gasteiger partial charge in [0.1, 0.15) is 17.5 Å². The van der Waals surface area contributed by atoms with E-state index in [0.717, 1.165) is 33.7 Å². The van der Waals surface area contributed by atoms with Gasteiger partial charge in [-0.2, -0.15) is 0 Å². The highest BCUT2D eigenvalue weighted by molar-refractivity contribution is 6.12. The van der Waals surface area contributed by atoms with E-state index >= 15 is 0 Å². The van der Waals surface area contributed by atoms with Crippen LogP contribution in [0.3, 0.4) is 0 Å². The van der Waals surface area contributed by atoms with E-state index in [9.17, 15) is 9.90 Å². The summed E-state index contributed by atoms with van der Waals surface area (Å²) in [4.78, 5) is 17.2. The summed E-state index contributed by atoms with van der Waals surface area (Å²) < 4.78 is -0.0607. The number of phenolic OH excluding ortho intramolecular Hbond substituents is 1. The first kappa shape index (κ1) is 28.0. The van der Waals surface area contributed by atoms with Gasteiger partial charge >= 0.3 is 0 Å². The van der Waals surface area contributed by atoms with Crippen molar-refractivity contribution in [1.29, 1.82) is 0 Å². The third-order valence-electron chi connectivity index (χ3n) is 7.30. The van der Waals surface area contributed by atoms with Gasteiger partial charge in [0.2, 0.25) is 5.91 Å². The van der Waals surface area contributed by atoms with Crippen molar-refractivity contribution >= 4 is 17.3 Å². The lowest BCUT2D eigenvalue weighted by Crippen LogP contribution is -2.59. The third-order valence-corrected chi connectivity index (χ3v) is 7.30. The number of carbonyl (C=O) groups is 1. The average Bonchev–Trinajstić information content (AvgIpc) is 3.33. The molecule has 7 nitrogen and oxygen atoms in total. The van der Waals surface area contributed by atoms with E-state index in [-0.39, 0.29) is 15.9 Å². The number of amides is 1. The lowest BCUT2D eigenvalue weighted by atomic mass is 9.87. The minimum Gasteiger partial charge on any atom is -0.508 e. The number of pyridine rings is 1. The zero-order chi connectivity index (χ0) is 29.0. The van der Waals surface area contributed by atoms with E-state index in [4.69, 9.17) is 10.8 Å². The maximum Gasteiger partial charge on any atom is 0.240 e. The smallest absolute Gasteiger partial charge is 0.240 e. The van der Waals surface area contributed by atoms with Crippen molar-refractivity contribution in [3.8, 4) is 5.75 Å². The number of primary amides is 1. The van der Waals surface area contributed by atoms with Crippen molar-refractivity contribution in [1.82, 2.24) is 10.4 Å². The van der Waals surface area contributed by atoms with Gasteiger partial charge in [0.05, 0.1) is 0 Å². The van der Waals surface area contributed by atoms with Gasteiger partial charge < -0.3 is 10.8 Å². The van der Waals surface area contributed by atoms with Gasteiger partial charge in [0, 0.05) is 41.6 Å². The molecule has 7 heteroatoms. The molecule has 0 radical (unpaired) electrons. The highest BCUT2D eigenvalue weighted by Crippen LogP contribution is 2.36. The predicted molar refractivity (Wildman–Crippen MR) is 162 cm³/mol. The van der Waals surface area contributed by atoms with E-state index < -0.39 is 11.9 Å². The first-order valence-electron chi connectivity index (χ1n) is 13.7. The molecule has 2 heterocycles. The van der Waals surface area contributed by atoms with E-state index in [1.54, 1.807) is 36.7 Å². The molecular weight excluding hydrogens is 510 g/mol. The largest absolute Gasteiger partial charge is 0.508 e. The van der Waals surface area contributed by atoms with Crippen molar-refractivity contribution < 1.29 is 14.6 Å². The zero-order valence-electron chi connectivity index (χ0n) is 23.7. The number of benzene rings is 3. The van der Waals surface area contributed by atoms with E-state index in [1.165, 1.54) is 5.56 Å². The van der Waals surface area contributed by atoms with E-state index in [0.29, 0.717) is 13.0 Å². The average molecular weight is 547 g/mol. The first-order chi connectivity index (χ1) is 19.6. The molecule has 1 aromatic heterocycles. The van der Waals surface area contributed by atoms with Crippen LogP contribution in [-0.2, 0) is 23.2 Å². The molecule has 0 spiro atoms. The fourth-order valence-corrected chi connectivity index (χ4v) is 5.04. The highest BCUT2D eigenvalue weighted by Gasteiger charge is 2.44. The number of nitrogens with zero attached hydrogens (tertiary/aromatic N) is 3. The Morgan fingerprint density at radius 2 is 1.56 bits per heavy atom. The van der Waals surface area contributed by atoms with Crippen LogP contribution in [0.2, 0.25) is 0 Å². The Morgan fingerprint density at radius 3 is 2.17 bits per heavy atom. The number of nitrogens with one attached hydrogen (secondary N) is 1. The molecule has 4 aromatic rings. The number of hydrogen-bond acceptors (Lipinski definition) is 5. The van der Waals surface area contributed by atoms with Crippen molar-refractivity contribution in [2.45, 2.75) is 45.2 Å². The summed E-state index contributed by atoms with van der Waals surface area (Å²) in [7, 11) is 0. The van der Waals surface area contributed by atoms with Crippen LogP contribution in [0.15, 0.2) is 115 Å². The Bertz CT molecular complexity index is 1560.